The van der Waals surface area contributed by atoms with Crippen LogP contribution < -0.4 is 5.56 Å². The van der Waals surface area contributed by atoms with Gasteiger partial charge in [-0.3, -0.25) is 9.78 Å². The molecule has 0 radical (unpaired) electrons. The van der Waals surface area contributed by atoms with Crippen LogP contribution in [-0.4, -0.2) is 30.8 Å². The van der Waals surface area contributed by atoms with Gasteiger partial charge in [0.25, 0.3) is 5.56 Å². The maximum atomic E-state index is 12.5. The lowest BCUT2D eigenvalue weighted by molar-refractivity contribution is 0.0697. The average Bonchev–Trinajstić information content (AvgIpc) is 3.12. The Morgan fingerprint density at radius 3 is 2.65 bits per heavy atom. The molecule has 4 rings (SSSR count). The summed E-state index contributed by atoms with van der Waals surface area (Å²) < 4.78 is 1.20. The number of H-pyrrole nitrogens is 1. The molecule has 26 heavy (non-hydrogen) atoms. The highest BCUT2D eigenvalue weighted by atomic mass is 35.5. The third-order valence-corrected chi connectivity index (χ3v) is 4.23. The molecule has 2 aromatic heterocycles. The number of aromatic nitrogens is 4. The summed E-state index contributed by atoms with van der Waals surface area (Å²) in [6.07, 6.45) is 2.45. The predicted octanol–water partition coefficient (Wildman–Crippen LogP) is 3.13. The number of carboxylic acid groups (broad SMARTS) is 1. The van der Waals surface area contributed by atoms with E-state index in [0.29, 0.717) is 15.9 Å². The Hall–Kier alpha value is -3.45. The van der Waals surface area contributed by atoms with E-state index in [4.69, 9.17) is 16.7 Å². The Morgan fingerprint density at radius 2 is 1.96 bits per heavy atom. The van der Waals surface area contributed by atoms with E-state index in [2.05, 4.69) is 15.1 Å². The smallest absolute Gasteiger partial charge is 0.338 e. The molecule has 0 aliphatic rings. The highest BCUT2D eigenvalue weighted by molar-refractivity contribution is 6.34. The summed E-state index contributed by atoms with van der Waals surface area (Å²) in [5.74, 6) is -1.01. The van der Waals surface area contributed by atoms with Crippen LogP contribution in [0.4, 0.5) is 0 Å². The topological polar surface area (TPSA) is 101 Å². The largest absolute Gasteiger partial charge is 0.478 e. The Balaban J connectivity index is 1.88. The standard InChI is InChI=1S/C18H11ClN4O3/c19-14-7-15-13(6-12(14)10-4-2-1-3-5-10)16(24)22-18(21-15)23-9-11(8-20-23)17(25)26/h1-9H,(H,25,26)(H,21,22,24). The van der Waals surface area contributed by atoms with Gasteiger partial charge in [0.15, 0.2) is 0 Å². The molecule has 0 fully saturated rings. The molecule has 0 atom stereocenters. The maximum absolute atomic E-state index is 12.5. The van der Waals surface area contributed by atoms with E-state index in [1.54, 1.807) is 12.1 Å². The van der Waals surface area contributed by atoms with Crippen LogP contribution in [0.5, 0.6) is 0 Å². The third-order valence-electron chi connectivity index (χ3n) is 3.91. The van der Waals surface area contributed by atoms with Gasteiger partial charge in [0.05, 0.1) is 27.7 Å². The van der Waals surface area contributed by atoms with E-state index in [1.165, 1.54) is 17.1 Å². The van der Waals surface area contributed by atoms with Gasteiger partial charge >= 0.3 is 5.97 Å². The number of rotatable bonds is 3. The van der Waals surface area contributed by atoms with Crippen molar-refractivity contribution in [2.75, 3.05) is 0 Å². The summed E-state index contributed by atoms with van der Waals surface area (Å²) in [5, 5.41) is 13.7. The first-order valence-corrected chi connectivity index (χ1v) is 7.98. The minimum atomic E-state index is -1.12. The zero-order chi connectivity index (χ0) is 18.3. The Morgan fingerprint density at radius 1 is 1.19 bits per heavy atom. The second-order valence-corrected chi connectivity index (χ2v) is 5.99. The summed E-state index contributed by atoms with van der Waals surface area (Å²) in [7, 11) is 0. The molecule has 2 aromatic carbocycles. The number of carbonyl (C=O) groups is 1. The van der Waals surface area contributed by atoms with Crippen molar-refractivity contribution in [1.29, 1.82) is 0 Å². The number of halogens is 1. The second kappa shape index (κ2) is 6.12. The number of nitrogens with one attached hydrogen (secondary N) is 1. The molecular formula is C18H11ClN4O3. The van der Waals surface area contributed by atoms with Crippen LogP contribution >= 0.6 is 11.6 Å². The number of fused-ring (bicyclic) bond motifs is 1. The number of carboxylic acids is 1. The molecule has 0 spiro atoms. The van der Waals surface area contributed by atoms with E-state index < -0.39 is 5.97 Å². The molecule has 0 bridgehead atoms. The van der Waals surface area contributed by atoms with Gasteiger partial charge in [0.2, 0.25) is 5.95 Å². The summed E-state index contributed by atoms with van der Waals surface area (Å²) in [5.41, 5.74) is 1.63. The van der Waals surface area contributed by atoms with Crippen molar-refractivity contribution in [3.63, 3.8) is 0 Å². The molecule has 0 saturated heterocycles. The molecule has 0 aliphatic carbocycles. The van der Waals surface area contributed by atoms with Gasteiger partial charge in [0, 0.05) is 11.8 Å². The van der Waals surface area contributed by atoms with Crippen LogP contribution in [0.1, 0.15) is 10.4 Å². The molecule has 8 heteroatoms. The molecular weight excluding hydrogens is 356 g/mol. The number of nitrogens with zero attached hydrogens (tertiary/aromatic N) is 3. The fourth-order valence-corrected chi connectivity index (χ4v) is 2.91. The monoisotopic (exact) mass is 366 g/mol. The molecule has 0 saturated carbocycles. The minimum Gasteiger partial charge on any atom is -0.478 e. The van der Waals surface area contributed by atoms with E-state index in [1.807, 2.05) is 30.3 Å². The Labute approximate surface area is 151 Å². The quantitative estimate of drug-likeness (QED) is 0.580. The first kappa shape index (κ1) is 16.0. The highest BCUT2D eigenvalue weighted by Crippen LogP contribution is 2.30. The van der Waals surface area contributed by atoms with Crippen LogP contribution in [0.25, 0.3) is 28.0 Å². The van der Waals surface area contributed by atoms with Gasteiger partial charge in [-0.15, -0.1) is 0 Å². The van der Waals surface area contributed by atoms with Gasteiger partial charge in [-0.1, -0.05) is 41.9 Å². The predicted molar refractivity (Wildman–Crippen MR) is 96.9 cm³/mol. The van der Waals surface area contributed by atoms with E-state index >= 15 is 0 Å². The van der Waals surface area contributed by atoms with E-state index in [-0.39, 0.29) is 17.1 Å². The first-order chi connectivity index (χ1) is 12.5. The molecule has 128 valence electrons. The van der Waals surface area contributed by atoms with Crippen LogP contribution in [-0.2, 0) is 0 Å². The zero-order valence-electron chi connectivity index (χ0n) is 13.2. The summed E-state index contributed by atoms with van der Waals surface area (Å²) in [6, 6.07) is 12.8. The van der Waals surface area contributed by atoms with E-state index in [9.17, 15) is 9.59 Å². The second-order valence-electron chi connectivity index (χ2n) is 5.58. The van der Waals surface area contributed by atoms with Crippen molar-refractivity contribution in [3.8, 4) is 17.1 Å². The number of benzene rings is 2. The lowest BCUT2D eigenvalue weighted by Crippen LogP contribution is -2.14. The van der Waals surface area contributed by atoms with Gasteiger partial charge in [-0.05, 0) is 17.7 Å². The number of hydrogen-bond acceptors (Lipinski definition) is 4. The molecule has 4 aromatic rings. The minimum absolute atomic E-state index is 0.00907. The van der Waals surface area contributed by atoms with Gasteiger partial charge < -0.3 is 5.11 Å². The number of aromatic carboxylic acids is 1. The fraction of sp³-hybridized carbons (Fsp3) is 0. The highest BCUT2D eigenvalue weighted by Gasteiger charge is 2.13. The van der Waals surface area contributed by atoms with Crippen LogP contribution in [0.15, 0.2) is 59.7 Å². The van der Waals surface area contributed by atoms with Crippen molar-refractivity contribution in [2.24, 2.45) is 0 Å². The van der Waals surface area contributed by atoms with Crippen molar-refractivity contribution in [3.05, 3.63) is 75.8 Å². The van der Waals surface area contributed by atoms with Crippen molar-refractivity contribution >= 4 is 28.5 Å². The van der Waals surface area contributed by atoms with Crippen LogP contribution in [0.2, 0.25) is 5.02 Å². The summed E-state index contributed by atoms with van der Waals surface area (Å²) >= 11 is 6.38. The zero-order valence-corrected chi connectivity index (χ0v) is 13.9. The van der Waals surface area contributed by atoms with Crippen LogP contribution in [0, 0.1) is 0 Å². The molecule has 0 amide bonds. The van der Waals surface area contributed by atoms with Gasteiger partial charge in [-0.2, -0.15) is 5.10 Å². The number of aromatic amines is 1. The molecule has 7 nitrogen and oxygen atoms in total. The molecule has 2 heterocycles. The summed E-state index contributed by atoms with van der Waals surface area (Å²) in [6.45, 7) is 0. The lowest BCUT2D eigenvalue weighted by atomic mass is 10.0. The van der Waals surface area contributed by atoms with Crippen LogP contribution in [0.3, 0.4) is 0 Å². The molecule has 0 unspecified atom stereocenters. The molecule has 2 N–H and O–H groups in total. The van der Waals surface area contributed by atoms with Gasteiger partial charge in [-0.25, -0.2) is 14.5 Å². The van der Waals surface area contributed by atoms with Crippen molar-refractivity contribution in [2.45, 2.75) is 0 Å². The maximum Gasteiger partial charge on any atom is 0.338 e. The lowest BCUT2D eigenvalue weighted by Gasteiger charge is -2.08. The van der Waals surface area contributed by atoms with E-state index in [0.717, 1.165) is 11.1 Å². The summed E-state index contributed by atoms with van der Waals surface area (Å²) in [4.78, 5) is 30.4. The Bertz CT molecular complexity index is 1200. The van der Waals surface area contributed by atoms with Crippen molar-refractivity contribution < 1.29 is 9.90 Å². The van der Waals surface area contributed by atoms with Crippen molar-refractivity contribution in [1.82, 2.24) is 19.7 Å². The normalized spacial score (nSPS) is 11.0. The fourth-order valence-electron chi connectivity index (χ4n) is 2.64. The Kier molecular flexibility index (Phi) is 3.78. The first-order valence-electron chi connectivity index (χ1n) is 7.60. The van der Waals surface area contributed by atoms with Gasteiger partial charge in [0.1, 0.15) is 0 Å². The average molecular weight is 367 g/mol. The third kappa shape index (κ3) is 2.74. The number of hydrogen-bond donors (Lipinski definition) is 2. The molecule has 0 aliphatic heterocycles. The SMILES string of the molecule is O=C(O)c1cnn(-c2nc3cc(Cl)c(-c4ccccc4)cc3c(=O)[nH]2)c1.